The van der Waals surface area contributed by atoms with Crippen LogP contribution in [-0.4, -0.2) is 16.6 Å². The van der Waals surface area contributed by atoms with Gasteiger partial charge in [0.1, 0.15) is 0 Å². The third kappa shape index (κ3) is 2.42. The molecule has 4 heteroatoms. The van der Waals surface area contributed by atoms with Gasteiger partial charge in [-0.3, -0.25) is 9.98 Å². The number of hydrogen-bond acceptors (Lipinski definition) is 3. The van der Waals surface area contributed by atoms with Gasteiger partial charge in [0.15, 0.2) is 0 Å². The zero-order valence-electron chi connectivity index (χ0n) is 9.58. The molecule has 0 saturated carbocycles. The minimum atomic E-state index is 0.379. The summed E-state index contributed by atoms with van der Waals surface area (Å²) >= 11 is 7.68. The quantitative estimate of drug-likeness (QED) is 0.828. The van der Waals surface area contributed by atoms with Crippen molar-refractivity contribution in [3.05, 3.63) is 64.9 Å². The van der Waals surface area contributed by atoms with Crippen LogP contribution in [-0.2, 0) is 0 Å². The topological polar surface area (TPSA) is 25.2 Å². The van der Waals surface area contributed by atoms with Crippen LogP contribution < -0.4 is 0 Å². The maximum atomic E-state index is 5.89. The molecule has 3 rings (SSSR count). The number of nitrogens with zero attached hydrogens (tertiary/aromatic N) is 2. The number of halogens is 1. The standard InChI is InChI=1S/C14H11ClN2S/c15-12-5-3-10(4-6-12)14-17-9-13(18-14)11-2-1-7-16-8-11/h1-8,13H,9H2. The lowest BCUT2D eigenvalue weighted by Crippen LogP contribution is -1.95. The van der Waals surface area contributed by atoms with E-state index in [1.165, 1.54) is 5.56 Å². The molecule has 1 aliphatic rings. The fourth-order valence-corrected chi connectivity index (χ4v) is 3.11. The van der Waals surface area contributed by atoms with Crippen LogP contribution in [0.2, 0.25) is 5.02 Å². The molecule has 0 radical (unpaired) electrons. The molecule has 2 aromatic rings. The van der Waals surface area contributed by atoms with Crippen molar-refractivity contribution in [2.75, 3.05) is 6.54 Å². The van der Waals surface area contributed by atoms with E-state index in [1.54, 1.807) is 18.0 Å². The first kappa shape index (κ1) is 11.8. The average Bonchev–Trinajstić information content (AvgIpc) is 2.90. The van der Waals surface area contributed by atoms with Gasteiger partial charge in [-0.1, -0.05) is 41.6 Å². The second kappa shape index (κ2) is 5.12. The van der Waals surface area contributed by atoms with E-state index in [2.05, 4.69) is 16.0 Å². The number of benzene rings is 1. The third-order valence-electron chi connectivity index (χ3n) is 2.80. The molecule has 2 nitrogen and oxygen atoms in total. The molecule has 0 aliphatic carbocycles. The molecule has 0 N–H and O–H groups in total. The first-order valence-corrected chi connectivity index (χ1v) is 6.95. The fourth-order valence-electron chi connectivity index (χ4n) is 1.87. The van der Waals surface area contributed by atoms with Crippen LogP contribution in [0.1, 0.15) is 16.4 Å². The summed E-state index contributed by atoms with van der Waals surface area (Å²) < 4.78 is 0. The number of aliphatic imine (C=N–C) groups is 1. The Balaban J connectivity index is 1.77. The fraction of sp³-hybridized carbons (Fsp3) is 0.143. The summed E-state index contributed by atoms with van der Waals surface area (Å²) in [4.78, 5) is 8.76. The van der Waals surface area contributed by atoms with Crippen molar-refractivity contribution < 1.29 is 0 Å². The van der Waals surface area contributed by atoms with Crippen LogP contribution in [0.4, 0.5) is 0 Å². The number of rotatable bonds is 2. The Morgan fingerprint density at radius 3 is 2.72 bits per heavy atom. The van der Waals surface area contributed by atoms with Gasteiger partial charge in [0.05, 0.1) is 16.8 Å². The third-order valence-corrected chi connectivity index (χ3v) is 4.35. The van der Waals surface area contributed by atoms with Gasteiger partial charge in [0.2, 0.25) is 0 Å². The van der Waals surface area contributed by atoms with E-state index < -0.39 is 0 Å². The Labute approximate surface area is 115 Å². The molecule has 0 fully saturated rings. The van der Waals surface area contributed by atoms with Gasteiger partial charge < -0.3 is 0 Å². The van der Waals surface area contributed by atoms with Gasteiger partial charge in [-0.05, 0) is 23.8 Å². The molecule has 0 saturated heterocycles. The highest BCUT2D eigenvalue weighted by Gasteiger charge is 2.22. The largest absolute Gasteiger partial charge is 0.276 e. The van der Waals surface area contributed by atoms with Crippen molar-refractivity contribution in [2.45, 2.75) is 5.25 Å². The molecule has 0 amide bonds. The first-order chi connectivity index (χ1) is 8.83. The van der Waals surface area contributed by atoms with Crippen LogP contribution in [0.15, 0.2) is 53.8 Å². The molecule has 1 unspecified atom stereocenters. The highest BCUT2D eigenvalue weighted by molar-refractivity contribution is 8.14. The van der Waals surface area contributed by atoms with Crippen LogP contribution in [0.3, 0.4) is 0 Å². The lowest BCUT2D eigenvalue weighted by Gasteiger charge is -2.07. The monoisotopic (exact) mass is 274 g/mol. The summed E-state index contributed by atoms with van der Waals surface area (Å²) in [7, 11) is 0. The Morgan fingerprint density at radius 2 is 2.00 bits per heavy atom. The number of aromatic nitrogens is 1. The van der Waals surface area contributed by atoms with Gasteiger partial charge >= 0.3 is 0 Å². The van der Waals surface area contributed by atoms with Crippen LogP contribution in [0.25, 0.3) is 0 Å². The number of pyridine rings is 1. The Hall–Kier alpha value is -1.32. The molecule has 1 aromatic carbocycles. The van der Waals surface area contributed by atoms with Crippen molar-refractivity contribution in [1.29, 1.82) is 0 Å². The lowest BCUT2D eigenvalue weighted by molar-refractivity contribution is 0.955. The van der Waals surface area contributed by atoms with Gasteiger partial charge in [-0.2, -0.15) is 0 Å². The summed E-state index contributed by atoms with van der Waals surface area (Å²) in [5, 5.41) is 2.22. The van der Waals surface area contributed by atoms with Crippen molar-refractivity contribution >= 4 is 28.4 Å². The zero-order chi connectivity index (χ0) is 12.4. The molecule has 18 heavy (non-hydrogen) atoms. The molecule has 0 bridgehead atoms. The lowest BCUT2D eigenvalue weighted by atomic mass is 10.2. The molecular weight excluding hydrogens is 264 g/mol. The maximum absolute atomic E-state index is 5.89. The van der Waals surface area contributed by atoms with Crippen molar-refractivity contribution in [3.63, 3.8) is 0 Å². The molecule has 1 atom stereocenters. The van der Waals surface area contributed by atoms with Gasteiger partial charge in [0.25, 0.3) is 0 Å². The van der Waals surface area contributed by atoms with Gasteiger partial charge in [-0.25, -0.2) is 0 Å². The summed E-state index contributed by atoms with van der Waals surface area (Å²) in [5.74, 6) is 0. The van der Waals surface area contributed by atoms with E-state index in [-0.39, 0.29) is 0 Å². The highest BCUT2D eigenvalue weighted by atomic mass is 35.5. The van der Waals surface area contributed by atoms with E-state index >= 15 is 0 Å². The molecule has 90 valence electrons. The van der Waals surface area contributed by atoms with Crippen LogP contribution in [0.5, 0.6) is 0 Å². The summed E-state index contributed by atoms with van der Waals surface area (Å²) in [6, 6.07) is 11.9. The van der Waals surface area contributed by atoms with Gasteiger partial charge in [-0.15, -0.1) is 0 Å². The summed E-state index contributed by atoms with van der Waals surface area (Å²) in [6.45, 7) is 0.814. The smallest absolute Gasteiger partial charge is 0.0984 e. The van der Waals surface area contributed by atoms with E-state index in [4.69, 9.17) is 11.6 Å². The van der Waals surface area contributed by atoms with E-state index in [9.17, 15) is 0 Å². The van der Waals surface area contributed by atoms with Gasteiger partial charge in [0, 0.05) is 23.0 Å². The van der Waals surface area contributed by atoms with Crippen molar-refractivity contribution in [3.8, 4) is 0 Å². The summed E-state index contributed by atoms with van der Waals surface area (Å²) in [6.07, 6.45) is 3.71. The first-order valence-electron chi connectivity index (χ1n) is 5.70. The van der Waals surface area contributed by atoms with Crippen molar-refractivity contribution in [2.24, 2.45) is 4.99 Å². The molecular formula is C14H11ClN2S. The zero-order valence-corrected chi connectivity index (χ0v) is 11.2. The minimum absolute atomic E-state index is 0.379. The van der Waals surface area contributed by atoms with E-state index in [0.717, 1.165) is 22.2 Å². The Morgan fingerprint density at radius 1 is 1.17 bits per heavy atom. The average molecular weight is 275 g/mol. The van der Waals surface area contributed by atoms with Crippen molar-refractivity contribution in [1.82, 2.24) is 4.98 Å². The minimum Gasteiger partial charge on any atom is -0.276 e. The predicted molar refractivity (Wildman–Crippen MR) is 77.4 cm³/mol. The molecule has 1 aliphatic heterocycles. The van der Waals surface area contributed by atoms with E-state index in [0.29, 0.717) is 5.25 Å². The molecule has 2 heterocycles. The maximum Gasteiger partial charge on any atom is 0.0984 e. The summed E-state index contributed by atoms with van der Waals surface area (Å²) in [5.41, 5.74) is 2.37. The Bertz CT molecular complexity index is 566. The normalized spacial score (nSPS) is 18.7. The second-order valence-corrected chi connectivity index (χ2v) is 5.67. The molecule has 1 aromatic heterocycles. The van der Waals surface area contributed by atoms with E-state index in [1.807, 2.05) is 36.5 Å². The van der Waals surface area contributed by atoms with Crippen LogP contribution in [0, 0.1) is 0 Å². The molecule has 0 spiro atoms. The number of thioether (sulfide) groups is 1. The highest BCUT2D eigenvalue weighted by Crippen LogP contribution is 2.37. The second-order valence-electron chi connectivity index (χ2n) is 4.05. The SMILES string of the molecule is Clc1ccc(C2=NCC(c3cccnc3)S2)cc1. The predicted octanol–water partition coefficient (Wildman–Crippen LogP) is 3.97. The Kier molecular flexibility index (Phi) is 3.35. The number of hydrogen-bond donors (Lipinski definition) is 0. The van der Waals surface area contributed by atoms with Crippen LogP contribution >= 0.6 is 23.4 Å².